The molecule has 8 heteroatoms. The SMILES string of the molecule is CCCN(CC(=O)Nc1ccc(F)c(F)c1F)C(=O)C1=CCCCO1. The molecule has 1 heterocycles. The van der Waals surface area contributed by atoms with Gasteiger partial charge in [0, 0.05) is 6.54 Å². The number of allylic oxidation sites excluding steroid dienone is 1. The summed E-state index contributed by atoms with van der Waals surface area (Å²) in [4.78, 5) is 25.8. The second kappa shape index (κ2) is 8.55. The van der Waals surface area contributed by atoms with Crippen LogP contribution in [0.15, 0.2) is 24.0 Å². The number of rotatable bonds is 6. The van der Waals surface area contributed by atoms with Crippen molar-refractivity contribution in [1.29, 1.82) is 0 Å². The van der Waals surface area contributed by atoms with E-state index in [0.717, 1.165) is 12.5 Å². The van der Waals surface area contributed by atoms with Crippen LogP contribution in [-0.4, -0.2) is 36.4 Å². The van der Waals surface area contributed by atoms with E-state index in [0.29, 0.717) is 32.1 Å². The van der Waals surface area contributed by atoms with Gasteiger partial charge in [0.25, 0.3) is 5.91 Å². The van der Waals surface area contributed by atoms with E-state index < -0.39 is 35.0 Å². The molecular weight excluding hydrogens is 337 g/mol. The fourth-order valence-corrected chi connectivity index (χ4v) is 2.37. The molecule has 0 saturated carbocycles. The van der Waals surface area contributed by atoms with E-state index >= 15 is 0 Å². The number of amides is 2. The number of ether oxygens (including phenoxy) is 1. The molecule has 0 radical (unpaired) electrons. The zero-order chi connectivity index (χ0) is 18.4. The molecule has 1 aromatic carbocycles. The standard InChI is InChI=1S/C17H19F3N2O3/c1-2-8-22(17(24)13-5-3-4-9-25-13)10-14(23)21-12-7-6-11(18)15(19)16(12)20/h5-7H,2-4,8-10H2,1H3,(H,21,23). The first-order valence-electron chi connectivity index (χ1n) is 7.99. The second-order valence-electron chi connectivity index (χ2n) is 5.56. The van der Waals surface area contributed by atoms with Gasteiger partial charge in [0.1, 0.15) is 6.54 Å². The minimum absolute atomic E-state index is 0.187. The minimum atomic E-state index is -1.67. The highest BCUT2D eigenvalue weighted by molar-refractivity contribution is 5.98. The van der Waals surface area contributed by atoms with E-state index in [9.17, 15) is 22.8 Å². The predicted molar refractivity (Wildman–Crippen MR) is 85.1 cm³/mol. The average molecular weight is 356 g/mol. The predicted octanol–water partition coefficient (Wildman–Crippen LogP) is 2.98. The van der Waals surface area contributed by atoms with E-state index in [1.54, 1.807) is 6.08 Å². The Balaban J connectivity index is 2.06. The fraction of sp³-hybridized carbons (Fsp3) is 0.412. The van der Waals surface area contributed by atoms with Crippen LogP contribution < -0.4 is 5.32 Å². The molecule has 0 bridgehead atoms. The quantitative estimate of drug-likeness (QED) is 0.798. The van der Waals surface area contributed by atoms with Crippen molar-refractivity contribution in [1.82, 2.24) is 4.90 Å². The van der Waals surface area contributed by atoms with E-state index in [1.165, 1.54) is 4.90 Å². The Labute approximate surface area is 143 Å². The van der Waals surface area contributed by atoms with Crippen molar-refractivity contribution in [2.45, 2.75) is 26.2 Å². The number of hydrogen-bond donors (Lipinski definition) is 1. The Morgan fingerprint density at radius 1 is 1.24 bits per heavy atom. The van der Waals surface area contributed by atoms with Gasteiger partial charge < -0.3 is 15.0 Å². The zero-order valence-electron chi connectivity index (χ0n) is 13.8. The first-order valence-corrected chi connectivity index (χ1v) is 7.99. The average Bonchev–Trinajstić information content (AvgIpc) is 2.62. The summed E-state index contributed by atoms with van der Waals surface area (Å²) in [6.07, 6.45) is 3.81. The van der Waals surface area contributed by atoms with Crippen LogP contribution in [0.25, 0.3) is 0 Å². The molecule has 5 nitrogen and oxygen atoms in total. The first-order chi connectivity index (χ1) is 11.9. The number of nitrogens with one attached hydrogen (secondary N) is 1. The van der Waals surface area contributed by atoms with E-state index in [-0.39, 0.29) is 12.3 Å². The molecule has 0 atom stereocenters. The molecule has 1 aliphatic heterocycles. The molecule has 0 aromatic heterocycles. The third kappa shape index (κ3) is 4.74. The van der Waals surface area contributed by atoms with E-state index in [2.05, 4.69) is 5.32 Å². The Hall–Kier alpha value is -2.51. The van der Waals surface area contributed by atoms with Crippen LogP contribution in [0.1, 0.15) is 26.2 Å². The summed E-state index contributed by atoms with van der Waals surface area (Å²) in [7, 11) is 0. The summed E-state index contributed by atoms with van der Waals surface area (Å²) >= 11 is 0. The fourth-order valence-electron chi connectivity index (χ4n) is 2.37. The zero-order valence-corrected chi connectivity index (χ0v) is 13.8. The molecule has 1 aromatic rings. The molecule has 1 N–H and O–H groups in total. The van der Waals surface area contributed by atoms with Gasteiger partial charge in [-0.2, -0.15) is 0 Å². The molecule has 25 heavy (non-hydrogen) atoms. The maximum Gasteiger partial charge on any atom is 0.289 e. The number of halogens is 3. The molecule has 0 unspecified atom stereocenters. The van der Waals surface area contributed by atoms with E-state index in [4.69, 9.17) is 4.74 Å². The van der Waals surface area contributed by atoms with Crippen LogP contribution in [0.3, 0.4) is 0 Å². The van der Waals surface area contributed by atoms with Gasteiger partial charge in [-0.3, -0.25) is 9.59 Å². The summed E-state index contributed by atoms with van der Waals surface area (Å²) in [6.45, 7) is 2.21. The Bertz CT molecular complexity index is 692. The molecule has 2 amide bonds. The molecule has 0 spiro atoms. The maximum atomic E-state index is 13.6. The van der Waals surface area contributed by atoms with Gasteiger partial charge >= 0.3 is 0 Å². The number of nitrogens with zero attached hydrogens (tertiary/aromatic N) is 1. The lowest BCUT2D eigenvalue weighted by Crippen LogP contribution is -2.40. The lowest BCUT2D eigenvalue weighted by molar-refractivity contribution is -0.134. The molecule has 136 valence electrons. The summed E-state index contributed by atoms with van der Waals surface area (Å²) in [5, 5.41) is 2.15. The monoisotopic (exact) mass is 356 g/mol. The lowest BCUT2D eigenvalue weighted by Gasteiger charge is -2.24. The number of benzene rings is 1. The van der Waals surface area contributed by atoms with Crippen LogP contribution in [-0.2, 0) is 14.3 Å². The summed E-state index contributed by atoms with van der Waals surface area (Å²) in [5.74, 6) is -5.46. The van der Waals surface area contributed by atoms with Crippen molar-refractivity contribution >= 4 is 17.5 Å². The van der Waals surface area contributed by atoms with Crippen molar-refractivity contribution in [3.05, 3.63) is 41.4 Å². The largest absolute Gasteiger partial charge is 0.488 e. The number of anilines is 1. The third-order valence-electron chi connectivity index (χ3n) is 3.57. The topological polar surface area (TPSA) is 58.6 Å². The Morgan fingerprint density at radius 2 is 2.00 bits per heavy atom. The smallest absolute Gasteiger partial charge is 0.289 e. The van der Waals surface area contributed by atoms with Crippen LogP contribution in [0.4, 0.5) is 18.9 Å². The number of hydrogen-bond acceptors (Lipinski definition) is 3. The van der Waals surface area contributed by atoms with Gasteiger partial charge in [0.05, 0.1) is 12.3 Å². The molecule has 0 fully saturated rings. The van der Waals surface area contributed by atoms with Gasteiger partial charge in [-0.05, 0) is 37.5 Å². The van der Waals surface area contributed by atoms with Gasteiger partial charge in [0.15, 0.2) is 23.2 Å². The normalized spacial score (nSPS) is 13.7. The highest BCUT2D eigenvalue weighted by Crippen LogP contribution is 2.20. The molecule has 0 saturated heterocycles. The second-order valence-corrected chi connectivity index (χ2v) is 5.56. The van der Waals surface area contributed by atoms with Crippen molar-refractivity contribution in [2.75, 3.05) is 25.0 Å². The van der Waals surface area contributed by atoms with E-state index in [1.807, 2.05) is 6.92 Å². The molecule has 2 rings (SSSR count). The number of carbonyl (C=O) groups is 2. The maximum absolute atomic E-state index is 13.6. The number of carbonyl (C=O) groups excluding carboxylic acids is 2. The lowest BCUT2D eigenvalue weighted by atomic mass is 10.2. The highest BCUT2D eigenvalue weighted by atomic mass is 19.2. The molecule has 0 aliphatic carbocycles. The van der Waals surface area contributed by atoms with Crippen LogP contribution in [0.5, 0.6) is 0 Å². The van der Waals surface area contributed by atoms with Crippen molar-refractivity contribution in [3.63, 3.8) is 0 Å². The molecular formula is C17H19F3N2O3. The van der Waals surface area contributed by atoms with Gasteiger partial charge in [-0.1, -0.05) is 6.92 Å². The molecule has 1 aliphatic rings. The highest BCUT2D eigenvalue weighted by Gasteiger charge is 2.23. The van der Waals surface area contributed by atoms with Crippen molar-refractivity contribution in [3.8, 4) is 0 Å². The Kier molecular flexibility index (Phi) is 6.44. The van der Waals surface area contributed by atoms with Crippen LogP contribution in [0.2, 0.25) is 0 Å². The van der Waals surface area contributed by atoms with Crippen LogP contribution in [0, 0.1) is 17.5 Å². The van der Waals surface area contributed by atoms with Crippen molar-refractivity contribution < 1.29 is 27.5 Å². The third-order valence-corrected chi connectivity index (χ3v) is 3.57. The minimum Gasteiger partial charge on any atom is -0.488 e. The van der Waals surface area contributed by atoms with Gasteiger partial charge in [0.2, 0.25) is 5.91 Å². The van der Waals surface area contributed by atoms with Gasteiger partial charge in [-0.15, -0.1) is 0 Å². The summed E-state index contributed by atoms with van der Waals surface area (Å²) in [5.41, 5.74) is -0.485. The summed E-state index contributed by atoms with van der Waals surface area (Å²) < 4.78 is 45.0. The van der Waals surface area contributed by atoms with Gasteiger partial charge in [-0.25, -0.2) is 13.2 Å². The van der Waals surface area contributed by atoms with Crippen LogP contribution >= 0.6 is 0 Å². The first kappa shape index (κ1) is 18.8. The summed E-state index contributed by atoms with van der Waals surface area (Å²) in [6, 6.07) is 1.63. The Morgan fingerprint density at radius 3 is 2.64 bits per heavy atom. The van der Waals surface area contributed by atoms with Crippen molar-refractivity contribution in [2.24, 2.45) is 0 Å².